The summed E-state index contributed by atoms with van der Waals surface area (Å²) in [5, 5.41) is 22.2. The molecule has 22 heavy (non-hydrogen) atoms. The number of anilines is 1. The zero-order chi connectivity index (χ0) is 15.9. The molecule has 7 nitrogen and oxygen atoms in total. The van der Waals surface area contributed by atoms with E-state index in [0.717, 1.165) is 14.3 Å². The summed E-state index contributed by atoms with van der Waals surface area (Å²) in [5.74, 6) is 0. The molecule has 0 fully saturated rings. The zero-order valence-electron chi connectivity index (χ0n) is 11.1. The molecule has 0 aliphatic heterocycles. The number of non-ortho nitro benzene ring substituents is 2. The average molecular weight is 362 g/mol. The summed E-state index contributed by atoms with van der Waals surface area (Å²) in [5.41, 5.74) is 7.46. The van der Waals surface area contributed by atoms with Gasteiger partial charge in [0.05, 0.1) is 0 Å². The number of fused-ring (bicyclic) bond motifs is 1. The molecular formula is C14H9N3O4Se. The van der Waals surface area contributed by atoms with Gasteiger partial charge in [-0.3, -0.25) is 0 Å². The van der Waals surface area contributed by atoms with Gasteiger partial charge in [-0.25, -0.2) is 0 Å². The zero-order valence-corrected chi connectivity index (χ0v) is 12.8. The van der Waals surface area contributed by atoms with Crippen LogP contribution in [-0.2, 0) is 0 Å². The molecule has 0 saturated carbocycles. The molecule has 0 radical (unpaired) electrons. The quantitative estimate of drug-likeness (QED) is 0.437. The molecule has 0 saturated heterocycles. The molecular weight excluding hydrogens is 353 g/mol. The third-order valence-corrected chi connectivity index (χ3v) is 5.85. The van der Waals surface area contributed by atoms with Crippen molar-refractivity contribution >= 4 is 41.2 Å². The number of rotatable bonds is 3. The molecule has 3 aromatic rings. The third kappa shape index (κ3) is 2.34. The number of nitrogens with zero attached hydrogens (tertiary/aromatic N) is 2. The van der Waals surface area contributed by atoms with Crippen LogP contribution in [0.1, 0.15) is 0 Å². The first kappa shape index (κ1) is 14.2. The van der Waals surface area contributed by atoms with Gasteiger partial charge < -0.3 is 0 Å². The monoisotopic (exact) mass is 363 g/mol. The number of nitro benzene ring substituents is 2. The molecule has 0 spiro atoms. The first-order chi connectivity index (χ1) is 10.5. The van der Waals surface area contributed by atoms with Gasteiger partial charge in [0.2, 0.25) is 0 Å². The van der Waals surface area contributed by atoms with E-state index in [0.29, 0.717) is 11.1 Å². The van der Waals surface area contributed by atoms with Crippen molar-refractivity contribution in [1.82, 2.24) is 0 Å². The number of nitrogen functional groups attached to an aromatic ring is 1. The fourth-order valence-electron chi connectivity index (χ4n) is 2.17. The van der Waals surface area contributed by atoms with Gasteiger partial charge in [-0.15, -0.1) is 0 Å². The summed E-state index contributed by atoms with van der Waals surface area (Å²) in [6.07, 6.45) is 0. The Bertz CT molecular complexity index is 902. The first-order valence-electron chi connectivity index (χ1n) is 6.18. The van der Waals surface area contributed by atoms with Gasteiger partial charge in [-0.1, -0.05) is 0 Å². The van der Waals surface area contributed by atoms with E-state index in [1.165, 1.54) is 24.3 Å². The Morgan fingerprint density at radius 3 is 2.09 bits per heavy atom. The molecule has 2 N–H and O–H groups in total. The number of benzene rings is 2. The summed E-state index contributed by atoms with van der Waals surface area (Å²) in [7, 11) is 0. The molecule has 0 atom stereocenters. The molecule has 2 aromatic carbocycles. The molecule has 1 heterocycles. The van der Waals surface area contributed by atoms with Crippen LogP contribution in [0, 0.1) is 20.2 Å². The van der Waals surface area contributed by atoms with Gasteiger partial charge >= 0.3 is 129 Å². The predicted molar refractivity (Wildman–Crippen MR) is 84.0 cm³/mol. The molecule has 0 aliphatic carbocycles. The SMILES string of the molecule is Nc1c(-c2ccc([N+](=O)[O-])cc2)[se]c2ccc([N+](=O)[O-])cc12. The molecule has 8 heteroatoms. The van der Waals surface area contributed by atoms with Crippen molar-refractivity contribution < 1.29 is 9.85 Å². The van der Waals surface area contributed by atoms with Crippen LogP contribution in [0.5, 0.6) is 0 Å². The Morgan fingerprint density at radius 1 is 0.909 bits per heavy atom. The fourth-order valence-corrected chi connectivity index (χ4v) is 4.49. The fraction of sp³-hybridized carbons (Fsp3) is 0. The second kappa shape index (κ2) is 5.25. The van der Waals surface area contributed by atoms with Crippen molar-refractivity contribution in [2.75, 3.05) is 5.73 Å². The Kier molecular flexibility index (Phi) is 3.40. The number of nitro groups is 2. The van der Waals surface area contributed by atoms with Crippen LogP contribution in [-0.4, -0.2) is 24.4 Å². The van der Waals surface area contributed by atoms with Crippen molar-refractivity contribution in [2.45, 2.75) is 0 Å². The maximum atomic E-state index is 10.9. The van der Waals surface area contributed by atoms with E-state index < -0.39 is 9.85 Å². The molecule has 1 aromatic heterocycles. The van der Waals surface area contributed by atoms with E-state index in [1.54, 1.807) is 18.2 Å². The standard InChI is InChI=1S/C14H9N3O4Se/c15-13-11-7-10(17(20)21)5-6-12(11)22-14(13)8-1-3-9(4-2-8)16(18)19/h1-7H,15H2. The van der Waals surface area contributed by atoms with Crippen molar-refractivity contribution in [2.24, 2.45) is 0 Å². The maximum absolute atomic E-state index is 10.9. The normalized spacial score (nSPS) is 10.7. The van der Waals surface area contributed by atoms with E-state index >= 15 is 0 Å². The van der Waals surface area contributed by atoms with Crippen LogP contribution in [0.4, 0.5) is 17.1 Å². The van der Waals surface area contributed by atoms with E-state index in [4.69, 9.17) is 5.73 Å². The minimum atomic E-state index is -0.459. The van der Waals surface area contributed by atoms with E-state index in [2.05, 4.69) is 0 Å². The van der Waals surface area contributed by atoms with Crippen LogP contribution in [0.15, 0.2) is 42.5 Å². The summed E-state index contributed by atoms with van der Waals surface area (Å²) < 4.78 is 1.86. The number of hydrogen-bond donors (Lipinski definition) is 1. The van der Waals surface area contributed by atoms with Gasteiger partial charge in [0.25, 0.3) is 0 Å². The van der Waals surface area contributed by atoms with E-state index in [1.807, 2.05) is 0 Å². The van der Waals surface area contributed by atoms with Crippen LogP contribution in [0.3, 0.4) is 0 Å². The van der Waals surface area contributed by atoms with Crippen LogP contribution in [0.2, 0.25) is 0 Å². The molecule has 0 unspecified atom stereocenters. The second-order valence-electron chi connectivity index (χ2n) is 4.59. The van der Waals surface area contributed by atoms with Crippen LogP contribution < -0.4 is 5.73 Å². The van der Waals surface area contributed by atoms with Crippen molar-refractivity contribution in [3.63, 3.8) is 0 Å². The second-order valence-corrected chi connectivity index (χ2v) is 6.79. The molecule has 0 aliphatic rings. The summed E-state index contributed by atoms with van der Waals surface area (Å²) in [6, 6.07) is 10.8. The molecule has 0 bridgehead atoms. The van der Waals surface area contributed by atoms with Crippen LogP contribution >= 0.6 is 0 Å². The van der Waals surface area contributed by atoms with Crippen molar-refractivity contribution in [3.05, 3.63) is 62.7 Å². The van der Waals surface area contributed by atoms with Gasteiger partial charge in [0.15, 0.2) is 0 Å². The van der Waals surface area contributed by atoms with Gasteiger partial charge in [0, 0.05) is 0 Å². The summed E-state index contributed by atoms with van der Waals surface area (Å²) in [6.45, 7) is 0. The predicted octanol–water partition coefficient (Wildman–Crippen LogP) is 2.96. The number of hydrogen-bond acceptors (Lipinski definition) is 5. The van der Waals surface area contributed by atoms with E-state index in [9.17, 15) is 20.2 Å². The van der Waals surface area contributed by atoms with Crippen molar-refractivity contribution in [1.29, 1.82) is 0 Å². The third-order valence-electron chi connectivity index (χ3n) is 3.26. The van der Waals surface area contributed by atoms with Gasteiger partial charge in [-0.2, -0.15) is 0 Å². The molecule has 110 valence electrons. The minimum absolute atomic E-state index is 0.00227. The molecule has 0 amide bonds. The average Bonchev–Trinajstić information content (AvgIpc) is 2.84. The van der Waals surface area contributed by atoms with E-state index in [-0.39, 0.29) is 25.9 Å². The Balaban J connectivity index is 2.13. The van der Waals surface area contributed by atoms with Gasteiger partial charge in [0.1, 0.15) is 0 Å². The summed E-state index contributed by atoms with van der Waals surface area (Å²) in [4.78, 5) is 20.6. The first-order valence-corrected chi connectivity index (χ1v) is 7.90. The van der Waals surface area contributed by atoms with Crippen molar-refractivity contribution in [3.8, 4) is 10.0 Å². The van der Waals surface area contributed by atoms with Gasteiger partial charge in [-0.05, 0) is 0 Å². The topological polar surface area (TPSA) is 112 Å². The Morgan fingerprint density at radius 2 is 1.50 bits per heavy atom. The Labute approximate surface area is 130 Å². The number of nitrogens with two attached hydrogens (primary N) is 1. The summed E-state index contributed by atoms with van der Waals surface area (Å²) >= 11 is -0.0787. The van der Waals surface area contributed by atoms with Crippen LogP contribution in [0.25, 0.3) is 19.6 Å². The molecule has 3 rings (SSSR count). The Hall–Kier alpha value is -2.70.